The van der Waals surface area contributed by atoms with Crippen molar-refractivity contribution in [3.63, 3.8) is 0 Å². The summed E-state index contributed by atoms with van der Waals surface area (Å²) >= 11 is 0. The minimum Gasteiger partial charge on any atom is -0.446 e. The zero-order valence-electron chi connectivity index (χ0n) is 25.0. The van der Waals surface area contributed by atoms with Crippen LogP contribution in [0.4, 0.5) is 4.79 Å². The molecule has 5 heteroatoms. The molecule has 3 fully saturated rings. The average molecular weight is 537 g/mol. The van der Waals surface area contributed by atoms with Crippen LogP contribution in [-0.2, 0) is 4.74 Å². The van der Waals surface area contributed by atoms with Gasteiger partial charge in [0, 0.05) is 19.5 Å². The van der Waals surface area contributed by atoms with E-state index in [9.17, 15) is 4.79 Å². The Morgan fingerprint density at radius 1 is 1.08 bits per heavy atom. The number of rotatable bonds is 9. The maximum absolute atomic E-state index is 12.3. The van der Waals surface area contributed by atoms with Gasteiger partial charge in [-0.3, -0.25) is 0 Å². The number of fused-ring (bicyclic) bond motifs is 5. The number of halogens is 1. The fourth-order valence-corrected chi connectivity index (χ4v) is 9.33. The minimum absolute atomic E-state index is 0. The lowest BCUT2D eigenvalue weighted by Gasteiger charge is -2.58. The number of nitrogens with one attached hydrogen (secondary N) is 1. The van der Waals surface area contributed by atoms with Gasteiger partial charge < -0.3 is 15.0 Å². The van der Waals surface area contributed by atoms with Gasteiger partial charge in [-0.2, -0.15) is 0 Å². The summed E-state index contributed by atoms with van der Waals surface area (Å²) in [5.41, 5.74) is 2.46. The number of hydrogen-bond donors (Lipinski definition) is 1. The Hall–Kier alpha value is -0.740. The minimum atomic E-state index is -0.243. The standard InChI is InChI=1S/C32H56N2O2.ClH/c1-22(2)9-8-10-23(3)27-13-14-28-26-12-11-24-21-25(36-30(35)33-19-20-34(6)7)15-17-31(24,4)29(26)16-18-32(27,28)5;/h11,22-23,25-29H,8-10,12-21H2,1-7H3,(H,33,35);1H. The Bertz CT molecular complexity index is 798. The van der Waals surface area contributed by atoms with Crippen LogP contribution < -0.4 is 5.32 Å². The highest BCUT2D eigenvalue weighted by molar-refractivity contribution is 5.85. The first kappa shape index (κ1) is 30.8. The molecule has 4 aliphatic carbocycles. The molecule has 0 bridgehead atoms. The maximum Gasteiger partial charge on any atom is 0.407 e. The predicted octanol–water partition coefficient (Wildman–Crippen LogP) is 8.11. The van der Waals surface area contributed by atoms with E-state index in [0.717, 1.165) is 54.9 Å². The highest BCUT2D eigenvalue weighted by atomic mass is 35.5. The number of ether oxygens (including phenoxy) is 1. The van der Waals surface area contributed by atoms with Crippen molar-refractivity contribution in [1.82, 2.24) is 10.2 Å². The Labute approximate surface area is 234 Å². The SMILES string of the molecule is CC(C)CCCC(C)C1CCC2C3CC=C4CC(OC(=O)NCCN(C)C)CCC4(C)C3CCC12C.Cl. The summed E-state index contributed by atoms with van der Waals surface area (Å²) in [6.07, 6.45) is 16.7. The van der Waals surface area contributed by atoms with Crippen molar-refractivity contribution in [2.24, 2.45) is 46.3 Å². The number of hydrogen-bond acceptors (Lipinski definition) is 3. The zero-order chi connectivity index (χ0) is 26.1. The van der Waals surface area contributed by atoms with Crippen LogP contribution in [0.3, 0.4) is 0 Å². The molecule has 0 radical (unpaired) electrons. The maximum atomic E-state index is 12.3. The average Bonchev–Trinajstić information content (AvgIpc) is 3.16. The third kappa shape index (κ3) is 6.53. The summed E-state index contributed by atoms with van der Waals surface area (Å²) in [7, 11) is 4.04. The molecule has 37 heavy (non-hydrogen) atoms. The highest BCUT2D eigenvalue weighted by Gasteiger charge is 2.59. The van der Waals surface area contributed by atoms with Gasteiger partial charge in [-0.25, -0.2) is 4.79 Å². The van der Waals surface area contributed by atoms with Crippen molar-refractivity contribution in [3.05, 3.63) is 11.6 Å². The van der Waals surface area contributed by atoms with Crippen LogP contribution in [-0.4, -0.2) is 44.3 Å². The molecular weight excluding hydrogens is 480 g/mol. The fraction of sp³-hybridized carbons (Fsp3) is 0.906. The molecule has 4 rings (SSSR count). The van der Waals surface area contributed by atoms with E-state index in [2.05, 4.69) is 50.9 Å². The summed E-state index contributed by atoms with van der Waals surface area (Å²) in [5.74, 6) is 5.21. The van der Waals surface area contributed by atoms with E-state index in [0.29, 0.717) is 17.4 Å². The monoisotopic (exact) mass is 536 g/mol. The molecule has 214 valence electrons. The number of likely N-dealkylation sites (N-methyl/N-ethyl adjacent to an activating group) is 1. The van der Waals surface area contributed by atoms with Crippen molar-refractivity contribution in [1.29, 1.82) is 0 Å². The number of alkyl carbamates (subject to hydrolysis) is 1. The van der Waals surface area contributed by atoms with Gasteiger partial charge in [0.2, 0.25) is 0 Å². The molecule has 0 aromatic carbocycles. The number of allylic oxidation sites excluding steroid dienone is 1. The van der Waals surface area contributed by atoms with E-state index >= 15 is 0 Å². The molecule has 8 unspecified atom stereocenters. The zero-order valence-corrected chi connectivity index (χ0v) is 25.8. The van der Waals surface area contributed by atoms with Gasteiger partial charge >= 0.3 is 6.09 Å². The largest absolute Gasteiger partial charge is 0.446 e. The summed E-state index contributed by atoms with van der Waals surface area (Å²) in [4.78, 5) is 14.4. The third-order valence-corrected chi connectivity index (χ3v) is 11.4. The van der Waals surface area contributed by atoms with Gasteiger partial charge in [-0.05, 0) is 105 Å². The first-order valence-electron chi connectivity index (χ1n) is 15.3. The molecule has 0 spiro atoms. The molecule has 0 aliphatic heterocycles. The number of nitrogens with zero attached hydrogens (tertiary/aromatic N) is 1. The van der Waals surface area contributed by atoms with Gasteiger partial charge in [-0.1, -0.05) is 65.5 Å². The van der Waals surface area contributed by atoms with Gasteiger partial charge in [0.25, 0.3) is 0 Å². The first-order chi connectivity index (χ1) is 17.0. The quantitative estimate of drug-likeness (QED) is 0.302. The van der Waals surface area contributed by atoms with Crippen LogP contribution in [0.25, 0.3) is 0 Å². The molecule has 4 aliphatic rings. The van der Waals surface area contributed by atoms with E-state index < -0.39 is 0 Å². The Kier molecular flexibility index (Phi) is 10.5. The topological polar surface area (TPSA) is 41.6 Å². The first-order valence-corrected chi connectivity index (χ1v) is 15.3. The van der Waals surface area contributed by atoms with Gasteiger partial charge in [-0.15, -0.1) is 12.4 Å². The van der Waals surface area contributed by atoms with Crippen molar-refractivity contribution in [2.75, 3.05) is 27.2 Å². The molecule has 4 nitrogen and oxygen atoms in total. The summed E-state index contributed by atoms with van der Waals surface area (Å²) < 4.78 is 5.87. The lowest BCUT2D eigenvalue weighted by Crippen LogP contribution is -2.51. The second kappa shape index (κ2) is 12.6. The van der Waals surface area contributed by atoms with E-state index in [1.54, 1.807) is 5.57 Å². The van der Waals surface area contributed by atoms with Crippen molar-refractivity contribution in [3.8, 4) is 0 Å². The number of carbonyl (C=O) groups excluding carboxylic acids is 1. The van der Waals surface area contributed by atoms with E-state index in [-0.39, 0.29) is 24.6 Å². The molecule has 0 saturated heterocycles. The Morgan fingerprint density at radius 2 is 1.84 bits per heavy atom. The summed E-state index contributed by atoms with van der Waals surface area (Å²) in [6.45, 7) is 14.0. The molecule has 1 amide bonds. The molecular formula is C32H57ClN2O2. The molecule has 3 saturated carbocycles. The normalized spacial score (nSPS) is 37.6. The van der Waals surface area contributed by atoms with Crippen LogP contribution in [0, 0.1) is 46.3 Å². The van der Waals surface area contributed by atoms with Crippen LogP contribution in [0.15, 0.2) is 11.6 Å². The number of amides is 1. The van der Waals surface area contributed by atoms with E-state index in [4.69, 9.17) is 4.74 Å². The molecule has 8 atom stereocenters. The van der Waals surface area contributed by atoms with Crippen LogP contribution >= 0.6 is 12.4 Å². The fourth-order valence-electron chi connectivity index (χ4n) is 9.33. The third-order valence-electron chi connectivity index (χ3n) is 11.4. The lowest BCUT2D eigenvalue weighted by molar-refractivity contribution is -0.0581. The van der Waals surface area contributed by atoms with Crippen molar-refractivity contribution < 1.29 is 9.53 Å². The van der Waals surface area contributed by atoms with Gasteiger partial charge in [0.15, 0.2) is 0 Å². The van der Waals surface area contributed by atoms with E-state index in [1.807, 2.05) is 14.1 Å². The smallest absolute Gasteiger partial charge is 0.407 e. The summed E-state index contributed by atoms with van der Waals surface area (Å²) in [5, 5.41) is 2.93. The van der Waals surface area contributed by atoms with Gasteiger partial charge in [0.1, 0.15) is 6.10 Å². The summed E-state index contributed by atoms with van der Waals surface area (Å²) in [6, 6.07) is 0. The van der Waals surface area contributed by atoms with Crippen LogP contribution in [0.1, 0.15) is 105 Å². The van der Waals surface area contributed by atoms with Crippen LogP contribution in [0.2, 0.25) is 0 Å². The second-order valence-electron chi connectivity index (χ2n) is 14.3. The second-order valence-corrected chi connectivity index (χ2v) is 14.3. The predicted molar refractivity (Wildman–Crippen MR) is 157 cm³/mol. The van der Waals surface area contributed by atoms with Crippen LogP contribution in [0.5, 0.6) is 0 Å². The highest BCUT2D eigenvalue weighted by Crippen LogP contribution is 2.67. The van der Waals surface area contributed by atoms with Crippen molar-refractivity contribution in [2.45, 2.75) is 111 Å². The Balaban J connectivity index is 0.00000380. The van der Waals surface area contributed by atoms with Gasteiger partial charge in [0.05, 0.1) is 0 Å². The Morgan fingerprint density at radius 3 is 2.54 bits per heavy atom. The molecule has 0 aromatic rings. The molecule has 0 aromatic heterocycles. The lowest BCUT2D eigenvalue weighted by atomic mass is 9.47. The molecule has 0 heterocycles. The van der Waals surface area contributed by atoms with E-state index in [1.165, 1.54) is 57.8 Å². The number of carbonyl (C=O) groups is 1. The van der Waals surface area contributed by atoms with Crippen molar-refractivity contribution >= 4 is 18.5 Å². The molecule has 1 N–H and O–H groups in total.